The molecule has 1 amide bonds. The van der Waals surface area contributed by atoms with Crippen LogP contribution in [-0.4, -0.2) is 20.9 Å². The van der Waals surface area contributed by atoms with E-state index in [9.17, 15) is 26.4 Å². The molecule has 0 unspecified atom stereocenters. The molecule has 0 bridgehead atoms. The van der Waals surface area contributed by atoms with Gasteiger partial charge < -0.3 is 5.32 Å². The molecule has 0 spiro atoms. The average Bonchev–Trinajstić information content (AvgIpc) is 2.53. The van der Waals surface area contributed by atoms with Crippen LogP contribution in [0.2, 0.25) is 5.02 Å². The number of anilines is 1. The average molecular weight is 393 g/mol. The molecule has 2 aromatic rings. The van der Waals surface area contributed by atoms with Gasteiger partial charge in [-0.2, -0.15) is 13.2 Å². The van der Waals surface area contributed by atoms with Gasteiger partial charge in [-0.05, 0) is 24.3 Å². The van der Waals surface area contributed by atoms with Crippen molar-refractivity contribution < 1.29 is 26.4 Å². The fourth-order valence-corrected chi connectivity index (χ4v) is 3.43. The van der Waals surface area contributed by atoms with Crippen LogP contribution in [0.25, 0.3) is 0 Å². The normalized spacial score (nSPS) is 12.0. The molecule has 0 saturated heterocycles. The zero-order chi connectivity index (χ0) is 18.7. The zero-order valence-corrected chi connectivity index (χ0v) is 14.0. The van der Waals surface area contributed by atoms with E-state index in [1.807, 2.05) is 10.0 Å². The summed E-state index contributed by atoms with van der Waals surface area (Å²) in [5, 5.41) is 1.99. The monoisotopic (exact) mass is 392 g/mol. The summed E-state index contributed by atoms with van der Waals surface area (Å²) in [7, 11) is -4.08. The van der Waals surface area contributed by atoms with Crippen LogP contribution in [-0.2, 0) is 21.0 Å². The number of alkyl halides is 3. The highest BCUT2D eigenvalue weighted by Crippen LogP contribution is 2.34. The smallest absolute Gasteiger partial charge is 0.324 e. The van der Waals surface area contributed by atoms with E-state index in [2.05, 4.69) is 0 Å². The molecule has 134 valence electrons. The quantitative estimate of drug-likeness (QED) is 0.820. The Kier molecular flexibility index (Phi) is 5.71. The van der Waals surface area contributed by atoms with Crippen molar-refractivity contribution in [3.63, 3.8) is 0 Å². The summed E-state index contributed by atoms with van der Waals surface area (Å²) in [5.74, 6) is -0.952. The third kappa shape index (κ3) is 4.94. The Morgan fingerprint density at radius 2 is 1.64 bits per heavy atom. The molecule has 25 heavy (non-hydrogen) atoms. The van der Waals surface area contributed by atoms with Crippen molar-refractivity contribution in [3.8, 4) is 0 Å². The number of benzene rings is 2. The van der Waals surface area contributed by atoms with Crippen LogP contribution in [0.3, 0.4) is 0 Å². The minimum absolute atomic E-state index is 0.0437. The fourth-order valence-electron chi connectivity index (χ4n) is 1.93. The van der Waals surface area contributed by atoms with E-state index >= 15 is 0 Å². The van der Waals surface area contributed by atoms with E-state index in [1.54, 1.807) is 0 Å². The van der Waals surface area contributed by atoms with Crippen molar-refractivity contribution in [1.29, 1.82) is 0 Å². The van der Waals surface area contributed by atoms with Crippen molar-refractivity contribution in [2.45, 2.75) is 11.1 Å². The number of para-hydroxylation sites is 1. The number of halogens is 4. The van der Waals surface area contributed by atoms with E-state index in [1.165, 1.54) is 36.4 Å². The van der Waals surface area contributed by atoms with Gasteiger partial charge in [-0.3, -0.25) is 4.79 Å². The first-order valence-electron chi connectivity index (χ1n) is 6.81. The lowest BCUT2D eigenvalue weighted by Gasteiger charge is -2.14. The summed E-state index contributed by atoms with van der Waals surface area (Å²) in [6.45, 7) is -0.750. The highest BCUT2D eigenvalue weighted by molar-refractivity contribution is 7.89. The second kappa shape index (κ2) is 7.42. The van der Waals surface area contributed by atoms with Gasteiger partial charge in [0.1, 0.15) is 4.90 Å². The highest BCUT2D eigenvalue weighted by Gasteiger charge is 2.33. The molecule has 2 aromatic carbocycles. The molecule has 0 radical (unpaired) electrons. The summed E-state index contributed by atoms with van der Waals surface area (Å²) < 4.78 is 64.7. The number of rotatable bonds is 5. The van der Waals surface area contributed by atoms with E-state index in [0.717, 1.165) is 12.1 Å². The van der Waals surface area contributed by atoms with E-state index in [0.29, 0.717) is 0 Å². The van der Waals surface area contributed by atoms with Crippen molar-refractivity contribution in [3.05, 3.63) is 59.1 Å². The first kappa shape index (κ1) is 19.2. The summed E-state index contributed by atoms with van der Waals surface area (Å²) in [6, 6.07) is 9.95. The zero-order valence-electron chi connectivity index (χ0n) is 12.5. The van der Waals surface area contributed by atoms with Crippen molar-refractivity contribution >= 4 is 33.2 Å². The lowest BCUT2D eigenvalue weighted by molar-refractivity contribution is -0.137. The molecular weight excluding hydrogens is 381 g/mol. The van der Waals surface area contributed by atoms with Gasteiger partial charge in [0.2, 0.25) is 15.9 Å². The van der Waals surface area contributed by atoms with Gasteiger partial charge in [-0.15, -0.1) is 0 Å². The van der Waals surface area contributed by atoms with Crippen molar-refractivity contribution in [1.82, 2.24) is 4.72 Å². The van der Waals surface area contributed by atoms with Gasteiger partial charge in [0.25, 0.3) is 0 Å². The maximum Gasteiger partial charge on any atom is 0.418 e. The third-order valence-corrected chi connectivity index (χ3v) is 4.96. The molecule has 0 aliphatic heterocycles. The molecule has 0 aliphatic carbocycles. The van der Waals surface area contributed by atoms with Crippen LogP contribution >= 0.6 is 11.6 Å². The number of sulfonamides is 1. The van der Waals surface area contributed by atoms with Gasteiger partial charge >= 0.3 is 6.18 Å². The van der Waals surface area contributed by atoms with Crippen LogP contribution in [0.5, 0.6) is 0 Å². The van der Waals surface area contributed by atoms with Crippen LogP contribution in [0.1, 0.15) is 5.56 Å². The molecule has 0 fully saturated rings. The van der Waals surface area contributed by atoms with Crippen LogP contribution in [0, 0.1) is 0 Å². The molecule has 2 rings (SSSR count). The molecule has 0 atom stereocenters. The van der Waals surface area contributed by atoms with E-state index in [4.69, 9.17) is 11.6 Å². The predicted molar refractivity (Wildman–Crippen MR) is 86.7 cm³/mol. The third-order valence-electron chi connectivity index (χ3n) is 3.06. The Morgan fingerprint density at radius 1 is 1.04 bits per heavy atom. The number of hydrogen-bond donors (Lipinski definition) is 2. The summed E-state index contributed by atoms with van der Waals surface area (Å²) in [6.07, 6.45) is -4.65. The topological polar surface area (TPSA) is 75.3 Å². The lowest BCUT2D eigenvalue weighted by Crippen LogP contribution is -2.33. The summed E-state index contributed by atoms with van der Waals surface area (Å²) in [4.78, 5) is 11.6. The Labute approximate surface area is 146 Å². The SMILES string of the molecule is O=C(CNS(=O)(=O)c1ccccc1Cl)Nc1ccccc1C(F)(F)F. The van der Waals surface area contributed by atoms with Crippen molar-refractivity contribution in [2.75, 3.05) is 11.9 Å². The number of carbonyl (C=O) groups is 1. The largest absolute Gasteiger partial charge is 0.418 e. The fraction of sp³-hybridized carbons (Fsp3) is 0.133. The summed E-state index contributed by atoms with van der Waals surface area (Å²) >= 11 is 5.78. The summed E-state index contributed by atoms with van der Waals surface area (Å²) in [5.41, 5.74) is -1.49. The highest BCUT2D eigenvalue weighted by atomic mass is 35.5. The standard InChI is InChI=1S/C15H12ClF3N2O3S/c16-11-6-2-4-8-13(11)25(23,24)20-9-14(22)21-12-7-3-1-5-10(12)15(17,18)19/h1-8,20H,9H2,(H,21,22). The van der Waals surface area contributed by atoms with E-state index in [-0.39, 0.29) is 9.92 Å². The molecule has 0 aromatic heterocycles. The van der Waals surface area contributed by atoms with Gasteiger partial charge in [-0.25, -0.2) is 13.1 Å². The molecule has 10 heteroatoms. The first-order valence-corrected chi connectivity index (χ1v) is 8.67. The Morgan fingerprint density at radius 3 is 2.28 bits per heavy atom. The maximum atomic E-state index is 12.9. The van der Waals surface area contributed by atoms with Gasteiger partial charge in [0.15, 0.2) is 0 Å². The molecule has 0 aliphatic rings. The van der Waals surface area contributed by atoms with Crippen LogP contribution in [0.15, 0.2) is 53.4 Å². The van der Waals surface area contributed by atoms with Gasteiger partial charge in [0.05, 0.1) is 22.8 Å². The molecule has 5 nitrogen and oxygen atoms in total. The second-order valence-corrected chi connectivity index (χ2v) is 6.99. The van der Waals surface area contributed by atoms with Gasteiger partial charge in [-0.1, -0.05) is 35.9 Å². The number of carbonyl (C=O) groups excluding carboxylic acids is 1. The van der Waals surface area contributed by atoms with Crippen molar-refractivity contribution in [2.24, 2.45) is 0 Å². The first-order chi connectivity index (χ1) is 11.6. The lowest BCUT2D eigenvalue weighted by atomic mass is 10.1. The Balaban J connectivity index is 2.09. The van der Waals surface area contributed by atoms with Gasteiger partial charge in [0, 0.05) is 0 Å². The second-order valence-electron chi connectivity index (χ2n) is 4.85. The predicted octanol–water partition coefficient (Wildman–Crippen LogP) is 3.28. The minimum atomic E-state index is -4.65. The molecule has 0 heterocycles. The molecular formula is C15H12ClF3N2O3S. The number of amides is 1. The van der Waals surface area contributed by atoms with Crippen LogP contribution in [0.4, 0.5) is 18.9 Å². The van der Waals surface area contributed by atoms with E-state index < -0.39 is 39.9 Å². The van der Waals surface area contributed by atoms with Crippen LogP contribution < -0.4 is 10.0 Å². The Hall–Kier alpha value is -2.10. The molecule has 2 N–H and O–H groups in total. The minimum Gasteiger partial charge on any atom is -0.324 e. The maximum absolute atomic E-state index is 12.9. The number of nitrogens with one attached hydrogen (secondary N) is 2. The number of hydrogen-bond acceptors (Lipinski definition) is 3. The Bertz CT molecular complexity index is 886. The molecule has 0 saturated carbocycles.